The van der Waals surface area contributed by atoms with Crippen molar-refractivity contribution in [2.75, 3.05) is 5.01 Å². The highest BCUT2D eigenvalue weighted by molar-refractivity contribution is 9.10. The van der Waals surface area contributed by atoms with Gasteiger partial charge in [-0.2, -0.15) is 0 Å². The van der Waals surface area contributed by atoms with Crippen LogP contribution in [0.25, 0.3) is 0 Å². The van der Waals surface area contributed by atoms with Gasteiger partial charge in [0.2, 0.25) is 5.16 Å². The van der Waals surface area contributed by atoms with Crippen molar-refractivity contribution >= 4 is 39.5 Å². The van der Waals surface area contributed by atoms with Crippen LogP contribution in [0, 0.1) is 0 Å². The molecule has 7 heteroatoms. The number of rotatable bonds is 2. The second kappa shape index (κ2) is 4.82. The van der Waals surface area contributed by atoms with Gasteiger partial charge in [0.05, 0.1) is 0 Å². The quantitative estimate of drug-likeness (QED) is 0.805. The van der Waals surface area contributed by atoms with Gasteiger partial charge in [0.25, 0.3) is 0 Å². The fourth-order valence-corrected chi connectivity index (χ4v) is 4.87. The van der Waals surface area contributed by atoms with Gasteiger partial charge in [-0.05, 0) is 29.5 Å². The maximum atomic E-state index is 4.27. The van der Waals surface area contributed by atoms with Crippen LogP contribution in [0.2, 0.25) is 0 Å². The lowest BCUT2D eigenvalue weighted by molar-refractivity contribution is 0.606. The van der Waals surface area contributed by atoms with Crippen molar-refractivity contribution in [2.24, 2.45) is 0 Å². The molecule has 0 bridgehead atoms. The van der Waals surface area contributed by atoms with Crippen molar-refractivity contribution in [3.63, 3.8) is 0 Å². The largest absolute Gasteiger partial charge is 0.252 e. The predicted octanol–water partition coefficient (Wildman–Crippen LogP) is 3.89. The van der Waals surface area contributed by atoms with Crippen molar-refractivity contribution in [1.82, 2.24) is 14.9 Å². The van der Waals surface area contributed by atoms with Crippen LogP contribution in [0.5, 0.6) is 0 Å². The number of aromatic nitrogens is 3. The molecule has 1 aromatic carbocycles. The van der Waals surface area contributed by atoms with Crippen LogP contribution in [0.4, 0.5) is 0 Å². The Bertz CT molecular complexity index is 695. The molecular formula is C13H11BrN4S2. The molecule has 1 aromatic heterocycles. The molecule has 0 amide bonds. The molecule has 2 aromatic rings. The van der Waals surface area contributed by atoms with Gasteiger partial charge in [-0.15, -0.1) is 10.2 Å². The third kappa shape index (κ3) is 1.83. The average molecular weight is 367 g/mol. The van der Waals surface area contributed by atoms with Crippen molar-refractivity contribution in [3.8, 4) is 0 Å². The minimum absolute atomic E-state index is 0.258. The van der Waals surface area contributed by atoms with Gasteiger partial charge in [0.15, 0.2) is 5.82 Å². The third-order valence-electron chi connectivity index (χ3n) is 3.31. The van der Waals surface area contributed by atoms with E-state index >= 15 is 0 Å². The lowest BCUT2D eigenvalue weighted by atomic mass is 10.2. The normalized spacial score (nSPS) is 20.0. The molecule has 0 spiro atoms. The Morgan fingerprint density at radius 3 is 2.80 bits per heavy atom. The Kier molecular flexibility index (Phi) is 3.08. The summed E-state index contributed by atoms with van der Waals surface area (Å²) in [7, 11) is 0. The van der Waals surface area contributed by atoms with Crippen LogP contribution in [0.1, 0.15) is 23.7 Å². The highest BCUT2D eigenvalue weighted by Crippen LogP contribution is 2.51. The Labute approximate surface area is 133 Å². The molecule has 0 saturated carbocycles. The molecule has 1 atom stereocenters. The van der Waals surface area contributed by atoms with Crippen LogP contribution < -0.4 is 5.01 Å². The van der Waals surface area contributed by atoms with E-state index in [9.17, 15) is 0 Å². The van der Waals surface area contributed by atoms with Gasteiger partial charge >= 0.3 is 0 Å². The number of nitrogens with zero attached hydrogens (tertiary/aromatic N) is 4. The molecule has 20 heavy (non-hydrogen) atoms. The predicted molar refractivity (Wildman–Crippen MR) is 86.0 cm³/mol. The van der Waals surface area contributed by atoms with Gasteiger partial charge in [0.1, 0.15) is 10.4 Å². The second-order valence-corrected chi connectivity index (χ2v) is 7.36. The summed E-state index contributed by atoms with van der Waals surface area (Å²) in [6.07, 6.45) is 0.884. The van der Waals surface area contributed by atoms with Crippen molar-refractivity contribution in [3.05, 3.63) is 50.6 Å². The fraction of sp³-hybridized carbons (Fsp3) is 0.231. The molecule has 4 nitrogen and oxygen atoms in total. The molecule has 0 fully saturated rings. The van der Waals surface area contributed by atoms with E-state index in [1.807, 2.05) is 11.8 Å². The minimum Gasteiger partial charge on any atom is -0.252 e. The van der Waals surface area contributed by atoms with Crippen molar-refractivity contribution in [2.45, 2.75) is 23.9 Å². The van der Waals surface area contributed by atoms with E-state index in [4.69, 9.17) is 0 Å². The lowest BCUT2D eigenvalue weighted by Crippen LogP contribution is -2.30. The molecule has 4 rings (SSSR count). The number of thioether (sulfide) groups is 2. The van der Waals surface area contributed by atoms with Crippen molar-refractivity contribution in [1.29, 1.82) is 0 Å². The molecule has 102 valence electrons. The van der Waals surface area contributed by atoms with Crippen molar-refractivity contribution < 1.29 is 0 Å². The molecule has 3 heterocycles. The van der Waals surface area contributed by atoms with E-state index in [1.54, 1.807) is 11.8 Å². The first-order valence-corrected chi connectivity index (χ1v) is 8.86. The van der Waals surface area contributed by atoms with Crippen LogP contribution in [-0.2, 0) is 6.42 Å². The van der Waals surface area contributed by atoms with Crippen LogP contribution in [-0.4, -0.2) is 14.9 Å². The van der Waals surface area contributed by atoms with E-state index < -0.39 is 0 Å². The highest BCUT2D eigenvalue weighted by Gasteiger charge is 2.39. The third-order valence-corrected chi connectivity index (χ3v) is 6.02. The SMILES string of the molecule is CCc1nnc2n1N1C(=CSC1c1ccc(Br)cc1)S2. The molecule has 0 N–H and O–H groups in total. The van der Waals surface area contributed by atoms with E-state index in [0.29, 0.717) is 0 Å². The number of hydrogen-bond donors (Lipinski definition) is 0. The zero-order valence-corrected chi connectivity index (χ0v) is 13.9. The second-order valence-electron chi connectivity index (χ2n) is 4.51. The Hall–Kier alpha value is -0.920. The van der Waals surface area contributed by atoms with Gasteiger partial charge < -0.3 is 0 Å². The molecule has 2 aliphatic heterocycles. The molecule has 1 unspecified atom stereocenters. The first-order chi connectivity index (χ1) is 9.78. The fourth-order valence-electron chi connectivity index (χ4n) is 2.36. The molecular weight excluding hydrogens is 356 g/mol. The minimum atomic E-state index is 0.258. The summed E-state index contributed by atoms with van der Waals surface area (Å²) in [6.45, 7) is 2.11. The van der Waals surface area contributed by atoms with E-state index in [2.05, 4.69) is 72.4 Å². The van der Waals surface area contributed by atoms with Gasteiger partial charge in [0, 0.05) is 16.3 Å². The average Bonchev–Trinajstić information content (AvgIpc) is 3.10. The molecule has 0 saturated heterocycles. The monoisotopic (exact) mass is 366 g/mol. The first kappa shape index (κ1) is 12.8. The molecule has 0 aliphatic carbocycles. The van der Waals surface area contributed by atoms with Crippen LogP contribution in [0.3, 0.4) is 0 Å². The summed E-state index contributed by atoms with van der Waals surface area (Å²) in [5.74, 6) is 1.01. The van der Waals surface area contributed by atoms with E-state index in [0.717, 1.165) is 21.9 Å². The van der Waals surface area contributed by atoms with Crippen LogP contribution >= 0.6 is 39.5 Å². The Morgan fingerprint density at radius 1 is 1.25 bits per heavy atom. The lowest BCUT2D eigenvalue weighted by Gasteiger charge is -2.25. The summed E-state index contributed by atoms with van der Waals surface area (Å²) >= 11 is 7.01. The number of halogens is 1. The smallest absolute Gasteiger partial charge is 0.216 e. The van der Waals surface area contributed by atoms with E-state index in [-0.39, 0.29) is 5.37 Å². The maximum absolute atomic E-state index is 4.27. The van der Waals surface area contributed by atoms with Gasteiger partial charge in [-0.25, -0.2) is 4.68 Å². The summed E-state index contributed by atoms with van der Waals surface area (Å²) in [6, 6.07) is 8.50. The van der Waals surface area contributed by atoms with Crippen LogP contribution in [0.15, 0.2) is 44.3 Å². The number of aryl methyl sites for hydroxylation is 1. The zero-order chi connectivity index (χ0) is 13.7. The molecule has 0 radical (unpaired) electrons. The van der Waals surface area contributed by atoms with Gasteiger partial charge in [-0.1, -0.05) is 46.7 Å². The standard InChI is InChI=1S/C13H11BrN4S2/c1-2-10-15-16-13-17(10)18-11(20-13)7-19-12(18)8-3-5-9(14)6-4-8/h3-7,12H,2H2,1H3. The number of benzene rings is 1. The first-order valence-electron chi connectivity index (χ1n) is 6.30. The summed E-state index contributed by atoms with van der Waals surface area (Å²) in [5.41, 5.74) is 1.29. The number of hydrogen-bond acceptors (Lipinski definition) is 5. The van der Waals surface area contributed by atoms with E-state index in [1.165, 1.54) is 10.6 Å². The topological polar surface area (TPSA) is 34.0 Å². The Morgan fingerprint density at radius 2 is 2.05 bits per heavy atom. The molecule has 2 aliphatic rings. The number of fused-ring (bicyclic) bond motifs is 3. The summed E-state index contributed by atoms with van der Waals surface area (Å²) in [4.78, 5) is 0. The highest BCUT2D eigenvalue weighted by atomic mass is 79.9. The van der Waals surface area contributed by atoms with Gasteiger partial charge in [-0.3, -0.25) is 5.01 Å². The summed E-state index contributed by atoms with van der Waals surface area (Å²) < 4.78 is 3.26. The summed E-state index contributed by atoms with van der Waals surface area (Å²) in [5, 5.41) is 15.5. The maximum Gasteiger partial charge on any atom is 0.216 e. The zero-order valence-electron chi connectivity index (χ0n) is 10.7. The Balaban J connectivity index is 1.76.